The van der Waals surface area contributed by atoms with E-state index in [1.54, 1.807) is 0 Å². The summed E-state index contributed by atoms with van der Waals surface area (Å²) in [6.07, 6.45) is 6.91. The van der Waals surface area contributed by atoms with E-state index in [9.17, 15) is 0 Å². The smallest absolute Gasteiger partial charge is 0.0937 e. The van der Waals surface area contributed by atoms with Gasteiger partial charge in [0, 0.05) is 18.2 Å². The molecular formula is C15H25IN2. The third kappa shape index (κ3) is 4.11. The number of halogens is 1. The first kappa shape index (κ1) is 15.7. The Morgan fingerprint density at radius 1 is 1.56 bits per heavy atom. The highest BCUT2D eigenvalue weighted by atomic mass is 127. The van der Waals surface area contributed by atoms with Gasteiger partial charge in [0.05, 0.1) is 3.72 Å². The van der Waals surface area contributed by atoms with E-state index in [-0.39, 0.29) is 0 Å². The van der Waals surface area contributed by atoms with E-state index in [2.05, 4.69) is 61.7 Å². The van der Waals surface area contributed by atoms with Crippen LogP contribution in [0.5, 0.6) is 0 Å². The van der Waals surface area contributed by atoms with E-state index >= 15 is 0 Å². The fraction of sp³-hybridized carbons (Fsp3) is 0.667. The summed E-state index contributed by atoms with van der Waals surface area (Å²) >= 11 is 2.07. The zero-order chi connectivity index (χ0) is 13.7. The first-order valence-electron chi connectivity index (χ1n) is 6.87. The average Bonchev–Trinajstić information content (AvgIpc) is 2.27. The van der Waals surface area contributed by atoms with Crippen molar-refractivity contribution in [3.05, 3.63) is 23.4 Å². The largest absolute Gasteiger partial charge is 0.388 e. The molecule has 0 aromatic carbocycles. The molecule has 3 atom stereocenters. The van der Waals surface area contributed by atoms with Crippen molar-refractivity contribution >= 4 is 26.3 Å². The van der Waals surface area contributed by atoms with Crippen LogP contribution < -0.4 is 5.32 Å². The molecule has 102 valence electrons. The predicted molar refractivity (Wildman–Crippen MR) is 88.3 cm³/mol. The lowest BCUT2D eigenvalue weighted by molar-refractivity contribution is 0.334. The Morgan fingerprint density at radius 3 is 2.67 bits per heavy atom. The van der Waals surface area contributed by atoms with Crippen molar-refractivity contribution in [1.82, 2.24) is 5.32 Å². The van der Waals surface area contributed by atoms with E-state index in [0.29, 0.717) is 15.6 Å². The highest BCUT2D eigenvalue weighted by Crippen LogP contribution is 2.38. The summed E-state index contributed by atoms with van der Waals surface area (Å²) in [7, 11) is 0. The maximum absolute atomic E-state index is 7.68. The van der Waals surface area contributed by atoms with E-state index < -0.39 is 0 Å². The first-order chi connectivity index (χ1) is 8.49. The van der Waals surface area contributed by atoms with Crippen LogP contribution in [-0.4, -0.2) is 10.3 Å². The molecule has 0 saturated heterocycles. The van der Waals surface area contributed by atoms with Crippen LogP contribution in [0.1, 0.15) is 40.5 Å². The number of hydrogen-bond acceptors (Lipinski definition) is 2. The fourth-order valence-corrected chi connectivity index (χ4v) is 3.37. The Balaban J connectivity index is 3.01. The Kier molecular flexibility index (Phi) is 6.39. The van der Waals surface area contributed by atoms with Crippen LogP contribution >= 0.6 is 22.6 Å². The summed E-state index contributed by atoms with van der Waals surface area (Å²) in [5, 5.41) is 11.1. The van der Waals surface area contributed by atoms with E-state index in [1.165, 1.54) is 24.1 Å². The number of nitrogens with one attached hydrogen (secondary N) is 2. The quantitative estimate of drug-likeness (QED) is 0.422. The number of allylic oxidation sites excluding steroid dienone is 3. The van der Waals surface area contributed by atoms with Gasteiger partial charge < -0.3 is 5.32 Å². The molecule has 0 bridgehead atoms. The Morgan fingerprint density at radius 2 is 2.22 bits per heavy atom. The second-order valence-corrected chi connectivity index (χ2v) is 6.41. The topological polar surface area (TPSA) is 35.9 Å². The lowest BCUT2D eigenvalue weighted by Crippen LogP contribution is -2.30. The minimum atomic E-state index is 0.461. The molecule has 0 heterocycles. The summed E-state index contributed by atoms with van der Waals surface area (Å²) in [4.78, 5) is 0. The third-order valence-electron chi connectivity index (χ3n) is 3.76. The Labute approximate surface area is 125 Å². The van der Waals surface area contributed by atoms with Gasteiger partial charge in [-0.3, -0.25) is 5.41 Å². The lowest BCUT2D eigenvalue weighted by Gasteiger charge is -2.34. The summed E-state index contributed by atoms with van der Waals surface area (Å²) in [5.41, 5.74) is 2.68. The molecule has 0 aromatic rings. The molecule has 0 fully saturated rings. The summed E-state index contributed by atoms with van der Waals surface area (Å²) < 4.78 is 0.598. The van der Waals surface area contributed by atoms with Gasteiger partial charge in [0.15, 0.2) is 0 Å². The average molecular weight is 360 g/mol. The Bertz CT molecular complexity index is 358. The molecule has 2 unspecified atom stereocenters. The number of hydrogen-bond donors (Lipinski definition) is 2. The first-order valence-corrected chi connectivity index (χ1v) is 7.95. The van der Waals surface area contributed by atoms with Crippen LogP contribution in [0.15, 0.2) is 23.4 Å². The van der Waals surface area contributed by atoms with Crippen LogP contribution in [0.3, 0.4) is 0 Å². The van der Waals surface area contributed by atoms with Crippen molar-refractivity contribution in [1.29, 1.82) is 5.41 Å². The van der Waals surface area contributed by atoms with Crippen molar-refractivity contribution in [2.45, 2.75) is 40.5 Å². The SMILES string of the molecule is CCNC(=CC(=N)I)C1C(C)=CC(CC)C[C@H]1C. The van der Waals surface area contributed by atoms with Crippen molar-refractivity contribution < 1.29 is 0 Å². The zero-order valence-corrected chi connectivity index (χ0v) is 14.0. The second-order valence-electron chi connectivity index (χ2n) is 5.25. The fourth-order valence-electron chi connectivity index (χ4n) is 3.03. The summed E-state index contributed by atoms with van der Waals surface area (Å²) in [6.45, 7) is 9.88. The molecule has 1 rings (SSSR count). The number of rotatable bonds is 5. The van der Waals surface area contributed by atoms with Crippen molar-refractivity contribution in [2.24, 2.45) is 17.8 Å². The van der Waals surface area contributed by atoms with Crippen molar-refractivity contribution in [2.75, 3.05) is 6.54 Å². The molecule has 2 N–H and O–H groups in total. The molecule has 2 nitrogen and oxygen atoms in total. The minimum absolute atomic E-state index is 0.461. The molecule has 3 heteroatoms. The normalized spacial score (nSPS) is 28.8. The van der Waals surface area contributed by atoms with Gasteiger partial charge in [0.2, 0.25) is 0 Å². The van der Waals surface area contributed by atoms with Crippen LogP contribution in [0.2, 0.25) is 0 Å². The molecule has 1 aliphatic rings. The van der Waals surface area contributed by atoms with Gasteiger partial charge in [-0.05, 0) is 67.2 Å². The van der Waals surface area contributed by atoms with Gasteiger partial charge in [-0.1, -0.05) is 25.5 Å². The third-order valence-corrected chi connectivity index (χ3v) is 4.07. The standard InChI is InChI=1S/C15H25IN2/c1-5-12-7-10(3)15(11(4)8-12)13(18-6-2)9-14(16)17/h7,9,11-12,15,17-18H,5-6,8H2,1-4H3/t11-,12?,15?/m1/s1. The van der Waals surface area contributed by atoms with Crippen LogP contribution in [0.4, 0.5) is 0 Å². The molecule has 0 radical (unpaired) electrons. The minimum Gasteiger partial charge on any atom is -0.388 e. The molecule has 0 amide bonds. The van der Waals surface area contributed by atoms with Gasteiger partial charge >= 0.3 is 0 Å². The maximum Gasteiger partial charge on any atom is 0.0937 e. The molecule has 0 spiro atoms. The zero-order valence-electron chi connectivity index (χ0n) is 11.9. The maximum atomic E-state index is 7.68. The molecule has 0 aromatic heterocycles. The second kappa shape index (κ2) is 7.31. The van der Waals surface area contributed by atoms with Gasteiger partial charge in [-0.2, -0.15) is 0 Å². The van der Waals surface area contributed by atoms with E-state index in [4.69, 9.17) is 5.41 Å². The van der Waals surface area contributed by atoms with Crippen LogP contribution in [0.25, 0.3) is 0 Å². The molecule has 0 saturated carbocycles. The van der Waals surface area contributed by atoms with E-state index in [0.717, 1.165) is 12.5 Å². The monoisotopic (exact) mass is 360 g/mol. The predicted octanol–water partition coefficient (Wildman–Crippen LogP) is 4.52. The van der Waals surface area contributed by atoms with Crippen molar-refractivity contribution in [3.63, 3.8) is 0 Å². The highest BCUT2D eigenvalue weighted by Gasteiger charge is 2.29. The Hall–Kier alpha value is -0.320. The van der Waals surface area contributed by atoms with Gasteiger partial charge in [-0.15, -0.1) is 0 Å². The van der Waals surface area contributed by atoms with E-state index in [1.807, 2.05) is 6.08 Å². The molecule has 0 aliphatic heterocycles. The van der Waals surface area contributed by atoms with Gasteiger partial charge in [-0.25, -0.2) is 0 Å². The van der Waals surface area contributed by atoms with Gasteiger partial charge in [0.25, 0.3) is 0 Å². The molecular weight excluding hydrogens is 335 g/mol. The van der Waals surface area contributed by atoms with Gasteiger partial charge in [0.1, 0.15) is 0 Å². The van der Waals surface area contributed by atoms with Crippen LogP contribution in [-0.2, 0) is 0 Å². The van der Waals surface area contributed by atoms with Crippen LogP contribution in [0, 0.1) is 23.2 Å². The van der Waals surface area contributed by atoms with Crippen molar-refractivity contribution in [3.8, 4) is 0 Å². The summed E-state index contributed by atoms with van der Waals surface area (Å²) in [5.74, 6) is 1.85. The summed E-state index contributed by atoms with van der Waals surface area (Å²) in [6, 6.07) is 0. The molecule has 1 aliphatic carbocycles. The highest BCUT2D eigenvalue weighted by molar-refractivity contribution is 14.1. The lowest BCUT2D eigenvalue weighted by atomic mass is 9.73. The molecule has 18 heavy (non-hydrogen) atoms.